The molecule has 0 aromatic rings. The summed E-state index contributed by atoms with van der Waals surface area (Å²) in [5.74, 6) is 0. The fraction of sp³-hybridized carbons (Fsp3) is 0.857. The number of halogens is 2. The lowest BCUT2D eigenvalue weighted by Gasteiger charge is -2.30. The number of alkyl halides is 2. The molecule has 68 valence electrons. The lowest BCUT2D eigenvalue weighted by molar-refractivity contribution is 0.216. The van der Waals surface area contributed by atoms with Gasteiger partial charge in [-0.1, -0.05) is 0 Å². The van der Waals surface area contributed by atoms with Crippen LogP contribution in [0.25, 0.3) is 0 Å². The first kappa shape index (κ1) is 8.51. The second-order valence-electron chi connectivity index (χ2n) is 3.33. The zero-order valence-electron chi connectivity index (χ0n) is 6.39. The topological polar surface area (TPSA) is 24.1 Å². The Morgan fingerprint density at radius 3 is 2.58 bits per heavy atom. The van der Waals surface area contributed by atoms with Gasteiger partial charge in [0.05, 0.1) is 17.5 Å². The van der Waals surface area contributed by atoms with E-state index in [1.54, 1.807) is 0 Å². The van der Waals surface area contributed by atoms with E-state index in [1.165, 1.54) is 0 Å². The number of rotatable bonds is 0. The van der Waals surface area contributed by atoms with Crippen LogP contribution in [0.1, 0.15) is 12.8 Å². The van der Waals surface area contributed by atoms with Crippen LogP contribution in [0, 0.1) is 0 Å². The lowest BCUT2D eigenvalue weighted by Crippen LogP contribution is -2.45. The van der Waals surface area contributed by atoms with Crippen molar-refractivity contribution in [3.8, 4) is 0 Å². The maximum Gasteiger partial charge on any atom is 0.166 e. The molecule has 4 unspecified atom stereocenters. The fourth-order valence-corrected chi connectivity index (χ4v) is 2.40. The minimum absolute atomic E-state index is 0.141. The van der Waals surface area contributed by atoms with Gasteiger partial charge in [0.1, 0.15) is 6.17 Å². The first-order valence-electron chi connectivity index (χ1n) is 4.02. The van der Waals surface area contributed by atoms with Gasteiger partial charge in [0.25, 0.3) is 0 Å². The minimum Gasteiger partial charge on any atom is -0.358 e. The summed E-state index contributed by atoms with van der Waals surface area (Å²) in [5, 5.41) is 6.37. The van der Waals surface area contributed by atoms with E-state index in [2.05, 4.69) is 10.6 Å². The summed E-state index contributed by atoms with van der Waals surface area (Å²) in [4.78, 5) is 0. The SMILES string of the molecule is FC1CC2NC(=S)NC2CC1Cl. The van der Waals surface area contributed by atoms with Gasteiger partial charge in [-0.3, -0.25) is 0 Å². The summed E-state index contributed by atoms with van der Waals surface area (Å²) in [6, 6.07) is 0.370. The van der Waals surface area contributed by atoms with Crippen molar-refractivity contribution in [1.82, 2.24) is 10.6 Å². The van der Waals surface area contributed by atoms with E-state index in [0.717, 1.165) is 0 Å². The van der Waals surface area contributed by atoms with E-state index in [9.17, 15) is 4.39 Å². The van der Waals surface area contributed by atoms with E-state index >= 15 is 0 Å². The quantitative estimate of drug-likeness (QED) is 0.458. The Bertz CT molecular complexity index is 194. The second kappa shape index (κ2) is 3.00. The normalized spacial score (nSPS) is 46.3. The van der Waals surface area contributed by atoms with Crippen molar-refractivity contribution in [3.63, 3.8) is 0 Å². The molecule has 2 aliphatic rings. The van der Waals surface area contributed by atoms with E-state index < -0.39 is 6.17 Å². The molecule has 0 aromatic carbocycles. The third-order valence-corrected chi connectivity index (χ3v) is 3.16. The van der Waals surface area contributed by atoms with Crippen molar-refractivity contribution in [2.75, 3.05) is 0 Å². The zero-order chi connectivity index (χ0) is 8.72. The molecule has 1 aliphatic heterocycles. The highest BCUT2D eigenvalue weighted by molar-refractivity contribution is 7.80. The average Bonchev–Trinajstić information content (AvgIpc) is 2.30. The highest BCUT2D eigenvalue weighted by Crippen LogP contribution is 2.28. The van der Waals surface area contributed by atoms with Crippen molar-refractivity contribution in [3.05, 3.63) is 0 Å². The molecule has 0 amide bonds. The Hall–Kier alpha value is -0.0900. The van der Waals surface area contributed by atoms with E-state index in [1.807, 2.05) is 0 Å². The predicted octanol–water partition coefficient (Wildman–Crippen LogP) is 0.941. The molecule has 1 heterocycles. The molecule has 0 spiro atoms. The fourth-order valence-electron chi connectivity index (χ4n) is 1.81. The molecule has 1 aliphatic carbocycles. The molecule has 1 saturated carbocycles. The van der Waals surface area contributed by atoms with Gasteiger partial charge in [0.15, 0.2) is 5.11 Å². The number of thiocarbonyl (C=S) groups is 1. The van der Waals surface area contributed by atoms with E-state index in [0.29, 0.717) is 18.0 Å². The molecule has 2 N–H and O–H groups in total. The second-order valence-corrected chi connectivity index (χ2v) is 4.30. The van der Waals surface area contributed by atoms with Crippen LogP contribution < -0.4 is 10.6 Å². The molecular weight excluding hydrogens is 199 g/mol. The van der Waals surface area contributed by atoms with Crippen LogP contribution >= 0.6 is 23.8 Å². The zero-order valence-corrected chi connectivity index (χ0v) is 7.96. The molecule has 12 heavy (non-hydrogen) atoms. The van der Waals surface area contributed by atoms with Gasteiger partial charge in [-0.25, -0.2) is 4.39 Å². The Labute approximate surface area is 80.8 Å². The first-order valence-corrected chi connectivity index (χ1v) is 4.86. The molecule has 4 atom stereocenters. The predicted molar refractivity (Wildman–Crippen MR) is 50.2 cm³/mol. The minimum atomic E-state index is -0.900. The molecule has 2 rings (SSSR count). The van der Waals surface area contributed by atoms with E-state index in [-0.39, 0.29) is 17.5 Å². The summed E-state index contributed by atoms with van der Waals surface area (Å²) in [7, 11) is 0. The van der Waals surface area contributed by atoms with Crippen molar-refractivity contribution >= 4 is 28.9 Å². The van der Waals surface area contributed by atoms with Gasteiger partial charge >= 0.3 is 0 Å². The van der Waals surface area contributed by atoms with Crippen LogP contribution in [0.4, 0.5) is 4.39 Å². The molecule has 0 aromatic heterocycles. The van der Waals surface area contributed by atoms with Crippen LogP contribution in [0.2, 0.25) is 0 Å². The average molecular weight is 209 g/mol. The summed E-state index contributed by atoms with van der Waals surface area (Å²) in [5.41, 5.74) is 0. The lowest BCUT2D eigenvalue weighted by atomic mass is 9.90. The Kier molecular flexibility index (Phi) is 2.12. The Morgan fingerprint density at radius 2 is 1.92 bits per heavy atom. The molecule has 5 heteroatoms. The van der Waals surface area contributed by atoms with Gasteiger partial charge in [0, 0.05) is 6.42 Å². The molecule has 0 radical (unpaired) electrons. The Morgan fingerprint density at radius 1 is 1.33 bits per heavy atom. The van der Waals surface area contributed by atoms with Crippen molar-refractivity contribution in [2.45, 2.75) is 36.5 Å². The van der Waals surface area contributed by atoms with Crippen molar-refractivity contribution in [1.29, 1.82) is 0 Å². The third-order valence-electron chi connectivity index (χ3n) is 2.47. The summed E-state index contributed by atoms with van der Waals surface area (Å²) < 4.78 is 13.1. The van der Waals surface area contributed by atoms with Crippen LogP contribution in [-0.4, -0.2) is 28.7 Å². The highest BCUT2D eigenvalue weighted by atomic mass is 35.5. The number of hydrogen-bond donors (Lipinski definition) is 2. The monoisotopic (exact) mass is 208 g/mol. The van der Waals surface area contributed by atoms with Crippen LogP contribution in [0.3, 0.4) is 0 Å². The van der Waals surface area contributed by atoms with Gasteiger partial charge in [-0.2, -0.15) is 0 Å². The highest BCUT2D eigenvalue weighted by Gasteiger charge is 2.40. The van der Waals surface area contributed by atoms with Crippen LogP contribution in [0.15, 0.2) is 0 Å². The van der Waals surface area contributed by atoms with Crippen molar-refractivity contribution in [2.24, 2.45) is 0 Å². The standard InChI is InChI=1S/C7H10ClFN2S/c8-3-1-5-6(2-4(3)9)11-7(12)10-5/h3-6H,1-2H2,(H2,10,11,12). The maximum absolute atomic E-state index is 13.1. The third kappa shape index (κ3) is 1.38. The van der Waals surface area contributed by atoms with Gasteiger partial charge in [-0.15, -0.1) is 11.6 Å². The number of hydrogen-bond acceptors (Lipinski definition) is 1. The van der Waals surface area contributed by atoms with E-state index in [4.69, 9.17) is 23.8 Å². The molecular formula is C7H10ClFN2S. The van der Waals surface area contributed by atoms with Crippen LogP contribution in [0.5, 0.6) is 0 Å². The number of fused-ring (bicyclic) bond motifs is 1. The molecule has 1 saturated heterocycles. The maximum atomic E-state index is 13.1. The summed E-state index contributed by atoms with van der Waals surface area (Å²) >= 11 is 10.7. The molecule has 0 bridgehead atoms. The molecule has 2 nitrogen and oxygen atoms in total. The van der Waals surface area contributed by atoms with Gasteiger partial charge < -0.3 is 10.6 Å². The summed E-state index contributed by atoms with van der Waals surface area (Å²) in [6.45, 7) is 0. The first-order chi connectivity index (χ1) is 5.66. The number of nitrogens with one attached hydrogen (secondary N) is 2. The van der Waals surface area contributed by atoms with Crippen LogP contribution in [-0.2, 0) is 0 Å². The summed E-state index contributed by atoms with van der Waals surface area (Å²) in [6.07, 6.45) is 0.218. The smallest absolute Gasteiger partial charge is 0.166 e. The molecule has 2 fully saturated rings. The van der Waals surface area contributed by atoms with Crippen molar-refractivity contribution < 1.29 is 4.39 Å². The Balaban J connectivity index is 2.05. The van der Waals surface area contributed by atoms with Gasteiger partial charge in [-0.05, 0) is 18.6 Å². The van der Waals surface area contributed by atoms with Gasteiger partial charge in [0.2, 0.25) is 0 Å². The largest absolute Gasteiger partial charge is 0.358 e.